The molecule has 5 heteroatoms. The summed E-state index contributed by atoms with van der Waals surface area (Å²) in [6, 6.07) is 15.9. The lowest BCUT2D eigenvalue weighted by Gasteiger charge is -2.23. The SMILES string of the molecule is COc1ccc(-c2cnc(NC(=O)Cc3ccc(C)cc3)c(C3CCCCC3)n2)cc1. The van der Waals surface area contributed by atoms with Gasteiger partial charge in [-0.1, -0.05) is 49.1 Å². The van der Waals surface area contributed by atoms with Gasteiger partial charge in [0.25, 0.3) is 0 Å². The van der Waals surface area contributed by atoms with E-state index in [2.05, 4.69) is 10.3 Å². The Morgan fingerprint density at radius 2 is 1.74 bits per heavy atom. The summed E-state index contributed by atoms with van der Waals surface area (Å²) in [4.78, 5) is 22.4. The first kappa shape index (κ1) is 21.0. The molecule has 1 aliphatic carbocycles. The molecule has 0 spiro atoms. The molecule has 1 N–H and O–H groups in total. The van der Waals surface area contributed by atoms with E-state index in [9.17, 15) is 4.79 Å². The van der Waals surface area contributed by atoms with E-state index < -0.39 is 0 Å². The molecule has 1 amide bonds. The maximum Gasteiger partial charge on any atom is 0.229 e. The fourth-order valence-corrected chi connectivity index (χ4v) is 4.13. The van der Waals surface area contributed by atoms with Crippen molar-refractivity contribution in [1.82, 2.24) is 9.97 Å². The molecule has 31 heavy (non-hydrogen) atoms. The van der Waals surface area contributed by atoms with Gasteiger partial charge in [-0.3, -0.25) is 4.79 Å². The summed E-state index contributed by atoms with van der Waals surface area (Å²) in [5.41, 5.74) is 4.89. The van der Waals surface area contributed by atoms with Crippen molar-refractivity contribution in [2.75, 3.05) is 12.4 Å². The van der Waals surface area contributed by atoms with Crippen LogP contribution in [0, 0.1) is 6.92 Å². The van der Waals surface area contributed by atoms with Crippen LogP contribution in [0.15, 0.2) is 54.7 Å². The molecule has 4 rings (SSSR count). The molecule has 1 heterocycles. The molecule has 3 aromatic rings. The van der Waals surface area contributed by atoms with Crippen LogP contribution in [-0.4, -0.2) is 23.0 Å². The molecular weight excluding hydrogens is 386 g/mol. The van der Waals surface area contributed by atoms with Crippen LogP contribution in [-0.2, 0) is 11.2 Å². The number of carbonyl (C=O) groups excluding carboxylic acids is 1. The van der Waals surface area contributed by atoms with Crippen LogP contribution in [0.4, 0.5) is 5.82 Å². The number of amides is 1. The number of methoxy groups -OCH3 is 1. The second-order valence-electron chi connectivity index (χ2n) is 8.26. The largest absolute Gasteiger partial charge is 0.497 e. The van der Waals surface area contributed by atoms with Crippen molar-refractivity contribution in [3.63, 3.8) is 0 Å². The van der Waals surface area contributed by atoms with E-state index >= 15 is 0 Å². The van der Waals surface area contributed by atoms with E-state index in [1.807, 2.05) is 55.5 Å². The maximum atomic E-state index is 12.7. The van der Waals surface area contributed by atoms with Crippen LogP contribution in [0.2, 0.25) is 0 Å². The summed E-state index contributed by atoms with van der Waals surface area (Å²) < 4.78 is 5.26. The first-order chi connectivity index (χ1) is 15.1. The van der Waals surface area contributed by atoms with Gasteiger partial charge in [0, 0.05) is 11.5 Å². The van der Waals surface area contributed by atoms with Crippen LogP contribution in [0.1, 0.15) is 54.8 Å². The molecule has 1 aromatic heterocycles. The monoisotopic (exact) mass is 415 g/mol. The molecule has 0 atom stereocenters. The van der Waals surface area contributed by atoms with Crippen molar-refractivity contribution < 1.29 is 9.53 Å². The fourth-order valence-electron chi connectivity index (χ4n) is 4.13. The Kier molecular flexibility index (Phi) is 6.60. The highest BCUT2D eigenvalue weighted by Crippen LogP contribution is 2.35. The number of anilines is 1. The zero-order valence-corrected chi connectivity index (χ0v) is 18.2. The molecule has 0 aliphatic heterocycles. The first-order valence-corrected chi connectivity index (χ1v) is 11.0. The summed E-state index contributed by atoms with van der Waals surface area (Å²) in [5, 5.41) is 3.04. The van der Waals surface area contributed by atoms with Crippen molar-refractivity contribution in [2.45, 2.75) is 51.4 Å². The quantitative estimate of drug-likeness (QED) is 0.562. The number of rotatable bonds is 6. The third kappa shape index (κ3) is 5.29. The molecule has 2 aromatic carbocycles. The highest BCUT2D eigenvalue weighted by molar-refractivity contribution is 5.92. The normalized spacial score (nSPS) is 14.3. The van der Waals surface area contributed by atoms with E-state index in [-0.39, 0.29) is 5.91 Å². The van der Waals surface area contributed by atoms with Crippen LogP contribution in [0.25, 0.3) is 11.3 Å². The van der Waals surface area contributed by atoms with Gasteiger partial charge in [-0.2, -0.15) is 0 Å². The second-order valence-corrected chi connectivity index (χ2v) is 8.26. The predicted octanol–water partition coefficient (Wildman–Crippen LogP) is 5.69. The third-order valence-corrected chi connectivity index (χ3v) is 5.92. The highest BCUT2D eigenvalue weighted by Gasteiger charge is 2.23. The van der Waals surface area contributed by atoms with Gasteiger partial charge in [0.05, 0.1) is 31.1 Å². The van der Waals surface area contributed by atoms with Crippen molar-refractivity contribution >= 4 is 11.7 Å². The molecule has 1 saturated carbocycles. The predicted molar refractivity (Wildman–Crippen MR) is 123 cm³/mol. The second kappa shape index (κ2) is 9.73. The van der Waals surface area contributed by atoms with Crippen LogP contribution < -0.4 is 10.1 Å². The molecule has 0 bridgehead atoms. The Hall–Kier alpha value is -3.21. The summed E-state index contributed by atoms with van der Waals surface area (Å²) >= 11 is 0. The van der Waals surface area contributed by atoms with Crippen molar-refractivity contribution in [1.29, 1.82) is 0 Å². The molecule has 0 unspecified atom stereocenters. The van der Waals surface area contributed by atoms with Gasteiger partial charge in [0.15, 0.2) is 5.82 Å². The van der Waals surface area contributed by atoms with Gasteiger partial charge in [-0.15, -0.1) is 0 Å². The smallest absolute Gasteiger partial charge is 0.229 e. The van der Waals surface area contributed by atoms with E-state index in [1.165, 1.54) is 24.8 Å². The highest BCUT2D eigenvalue weighted by atomic mass is 16.5. The Balaban J connectivity index is 1.59. The molecule has 0 radical (unpaired) electrons. The number of hydrogen-bond donors (Lipinski definition) is 1. The summed E-state index contributed by atoms with van der Waals surface area (Å²) in [5.74, 6) is 1.67. The van der Waals surface area contributed by atoms with Crippen molar-refractivity contribution in [2.24, 2.45) is 0 Å². The van der Waals surface area contributed by atoms with E-state index in [0.29, 0.717) is 18.2 Å². The van der Waals surface area contributed by atoms with Gasteiger partial charge in [-0.05, 0) is 49.6 Å². The van der Waals surface area contributed by atoms with Gasteiger partial charge < -0.3 is 10.1 Å². The van der Waals surface area contributed by atoms with Crippen molar-refractivity contribution in [3.05, 3.63) is 71.5 Å². The molecular formula is C26H29N3O2. The number of aromatic nitrogens is 2. The van der Waals surface area contributed by atoms with E-state index in [4.69, 9.17) is 9.72 Å². The molecule has 1 aliphatic rings. The lowest BCUT2D eigenvalue weighted by atomic mass is 9.86. The Morgan fingerprint density at radius 3 is 2.42 bits per heavy atom. The van der Waals surface area contributed by atoms with Crippen molar-refractivity contribution in [3.8, 4) is 17.0 Å². The summed E-state index contributed by atoms with van der Waals surface area (Å²) in [7, 11) is 1.66. The minimum Gasteiger partial charge on any atom is -0.497 e. The molecule has 5 nitrogen and oxygen atoms in total. The van der Waals surface area contributed by atoms with E-state index in [1.54, 1.807) is 13.3 Å². The average molecular weight is 416 g/mol. The summed E-state index contributed by atoms with van der Waals surface area (Å²) in [6.07, 6.45) is 7.88. The standard InChI is InChI=1S/C26H29N3O2/c1-18-8-10-19(11-9-18)16-24(30)29-26-25(21-6-4-3-5-7-21)28-23(17-27-26)20-12-14-22(31-2)15-13-20/h8-15,17,21H,3-7,16H2,1-2H3,(H,27,29,30). The minimum atomic E-state index is -0.0626. The number of nitrogens with zero attached hydrogens (tertiary/aromatic N) is 2. The fraction of sp³-hybridized carbons (Fsp3) is 0.346. The number of ether oxygens (including phenoxy) is 1. The third-order valence-electron chi connectivity index (χ3n) is 5.92. The zero-order valence-electron chi connectivity index (χ0n) is 18.2. The number of hydrogen-bond acceptors (Lipinski definition) is 4. The topological polar surface area (TPSA) is 64.1 Å². The Morgan fingerprint density at radius 1 is 1.03 bits per heavy atom. The molecule has 1 fully saturated rings. The molecule has 160 valence electrons. The Bertz CT molecular complexity index is 1020. The number of nitrogens with one attached hydrogen (secondary N) is 1. The van der Waals surface area contributed by atoms with Gasteiger partial charge >= 0.3 is 0 Å². The number of aryl methyl sites for hydroxylation is 1. The molecule has 0 saturated heterocycles. The lowest BCUT2D eigenvalue weighted by Crippen LogP contribution is -2.19. The van der Waals surface area contributed by atoms with E-state index in [0.717, 1.165) is 41.1 Å². The number of benzene rings is 2. The lowest BCUT2D eigenvalue weighted by molar-refractivity contribution is -0.115. The zero-order chi connectivity index (χ0) is 21.6. The average Bonchev–Trinajstić information content (AvgIpc) is 2.81. The number of carbonyl (C=O) groups is 1. The van der Waals surface area contributed by atoms with Crippen LogP contribution in [0.3, 0.4) is 0 Å². The first-order valence-electron chi connectivity index (χ1n) is 11.0. The van der Waals surface area contributed by atoms with Crippen LogP contribution >= 0.6 is 0 Å². The van der Waals surface area contributed by atoms with Gasteiger partial charge in [-0.25, -0.2) is 9.97 Å². The van der Waals surface area contributed by atoms with Crippen LogP contribution in [0.5, 0.6) is 5.75 Å². The Labute approximate surface area is 183 Å². The minimum absolute atomic E-state index is 0.0626. The van der Waals surface area contributed by atoms with Gasteiger partial charge in [0.2, 0.25) is 5.91 Å². The summed E-state index contributed by atoms with van der Waals surface area (Å²) in [6.45, 7) is 2.04. The maximum absolute atomic E-state index is 12.7. The van der Waals surface area contributed by atoms with Gasteiger partial charge in [0.1, 0.15) is 5.75 Å².